The summed E-state index contributed by atoms with van der Waals surface area (Å²) in [5.41, 5.74) is 5.53. The van der Waals surface area contributed by atoms with Gasteiger partial charge in [0, 0.05) is 46.2 Å². The van der Waals surface area contributed by atoms with E-state index in [0.717, 1.165) is 49.2 Å². The zero-order valence-corrected chi connectivity index (χ0v) is 16.6. The summed E-state index contributed by atoms with van der Waals surface area (Å²) in [6, 6.07) is 7.95. The Kier molecular flexibility index (Phi) is 3.68. The second kappa shape index (κ2) is 5.88. The fourth-order valence-corrected chi connectivity index (χ4v) is 5.50. The maximum absolute atomic E-state index is 13.2. The third kappa shape index (κ3) is 2.68. The van der Waals surface area contributed by atoms with Crippen molar-refractivity contribution in [3.8, 4) is 0 Å². The minimum absolute atomic E-state index is 0.0469. The van der Waals surface area contributed by atoms with Crippen LogP contribution in [0.25, 0.3) is 11.0 Å². The lowest BCUT2D eigenvalue weighted by atomic mass is 9.70. The number of anilines is 1. The molecule has 1 aromatic carbocycles. The van der Waals surface area contributed by atoms with E-state index in [2.05, 4.69) is 29.1 Å². The van der Waals surface area contributed by atoms with Gasteiger partial charge in [0.25, 0.3) is 0 Å². The van der Waals surface area contributed by atoms with Gasteiger partial charge in [-0.3, -0.25) is 14.8 Å². The smallest absolute Gasteiger partial charge is 0.162 e. The summed E-state index contributed by atoms with van der Waals surface area (Å²) in [6.07, 6.45) is 4.80. The summed E-state index contributed by atoms with van der Waals surface area (Å²) in [7, 11) is 0. The largest absolute Gasteiger partial charge is 0.358 e. The standard InChI is InChI=1S/C21H18ClN3OS/c1-21(2)9-13-17(14(26)10-21)19(15-5-6-16(22)27-15)18-11(25-13)3-4-12-20(18)24-8-7-23-12/h3-8,19,25H,9-10H2,1-2H3. The molecule has 2 aliphatic rings. The molecule has 1 atom stereocenters. The van der Waals surface area contributed by atoms with E-state index in [4.69, 9.17) is 11.6 Å². The number of fused-ring (bicyclic) bond motifs is 3. The molecule has 0 saturated heterocycles. The van der Waals surface area contributed by atoms with E-state index >= 15 is 0 Å². The van der Waals surface area contributed by atoms with Crippen LogP contribution in [0.1, 0.15) is 43.0 Å². The van der Waals surface area contributed by atoms with Crippen LogP contribution in [0.5, 0.6) is 0 Å². The Labute approximate surface area is 166 Å². The van der Waals surface area contributed by atoms with Gasteiger partial charge in [0.05, 0.1) is 21.3 Å². The van der Waals surface area contributed by atoms with Crippen molar-refractivity contribution in [1.29, 1.82) is 0 Å². The van der Waals surface area contributed by atoms with Crippen LogP contribution in [0.3, 0.4) is 0 Å². The van der Waals surface area contributed by atoms with Crippen molar-refractivity contribution in [2.24, 2.45) is 5.41 Å². The molecule has 3 aromatic rings. The number of ketones is 1. The summed E-state index contributed by atoms with van der Waals surface area (Å²) in [5.74, 6) is 0.0487. The number of Topliss-reactive ketones (excluding diaryl/α,β-unsaturated/α-hetero) is 1. The topological polar surface area (TPSA) is 54.9 Å². The molecule has 4 nitrogen and oxygen atoms in total. The molecule has 1 N–H and O–H groups in total. The Morgan fingerprint density at radius 1 is 1.15 bits per heavy atom. The lowest BCUT2D eigenvalue weighted by Gasteiger charge is -2.39. The third-order valence-corrected chi connectivity index (χ3v) is 6.64. The van der Waals surface area contributed by atoms with E-state index in [0.29, 0.717) is 6.42 Å². The fourth-order valence-electron chi connectivity index (χ4n) is 4.32. The average molecular weight is 396 g/mol. The summed E-state index contributed by atoms with van der Waals surface area (Å²) >= 11 is 7.78. The van der Waals surface area contributed by atoms with Gasteiger partial charge < -0.3 is 5.32 Å². The maximum atomic E-state index is 13.2. The first-order valence-electron chi connectivity index (χ1n) is 8.95. The van der Waals surface area contributed by atoms with Gasteiger partial charge in [-0.25, -0.2) is 0 Å². The highest BCUT2D eigenvalue weighted by Crippen LogP contribution is 2.51. The SMILES string of the molecule is CC1(C)CC(=O)C2=C(C1)Nc1ccc3nccnc3c1C2c1ccc(Cl)s1. The molecule has 3 heterocycles. The highest BCUT2D eigenvalue weighted by atomic mass is 35.5. The molecule has 0 amide bonds. The van der Waals surface area contributed by atoms with Crippen molar-refractivity contribution in [3.63, 3.8) is 0 Å². The normalized spacial score (nSPS) is 21.0. The van der Waals surface area contributed by atoms with Crippen LogP contribution < -0.4 is 5.32 Å². The molecule has 27 heavy (non-hydrogen) atoms. The number of hydrogen-bond acceptors (Lipinski definition) is 5. The number of allylic oxidation sites excluding steroid dienone is 2. The lowest BCUT2D eigenvalue weighted by Crippen LogP contribution is -2.33. The first-order valence-corrected chi connectivity index (χ1v) is 10.1. The summed E-state index contributed by atoms with van der Waals surface area (Å²) in [6.45, 7) is 4.30. The molecule has 0 fully saturated rings. The molecule has 1 aliphatic heterocycles. The van der Waals surface area contributed by atoms with E-state index in [1.54, 1.807) is 12.4 Å². The summed E-state index contributed by atoms with van der Waals surface area (Å²) < 4.78 is 0.724. The molecular weight excluding hydrogens is 378 g/mol. The molecule has 5 rings (SSSR count). The van der Waals surface area contributed by atoms with Gasteiger partial charge in [0.2, 0.25) is 0 Å². The van der Waals surface area contributed by atoms with E-state index < -0.39 is 0 Å². The number of rotatable bonds is 1. The third-order valence-electron chi connectivity index (χ3n) is 5.34. The minimum atomic E-state index is -0.155. The van der Waals surface area contributed by atoms with Crippen LogP contribution in [0.2, 0.25) is 4.34 Å². The second-order valence-electron chi connectivity index (χ2n) is 7.98. The second-order valence-corrected chi connectivity index (χ2v) is 9.73. The number of nitrogens with one attached hydrogen (secondary N) is 1. The predicted octanol–water partition coefficient (Wildman–Crippen LogP) is 5.55. The van der Waals surface area contributed by atoms with Gasteiger partial charge in [-0.1, -0.05) is 25.4 Å². The van der Waals surface area contributed by atoms with Crippen LogP contribution in [0.4, 0.5) is 5.69 Å². The number of halogens is 1. The first-order chi connectivity index (χ1) is 12.9. The molecule has 6 heteroatoms. The van der Waals surface area contributed by atoms with Crippen molar-refractivity contribution in [3.05, 3.63) is 62.7 Å². The van der Waals surface area contributed by atoms with Crippen molar-refractivity contribution in [2.45, 2.75) is 32.6 Å². The highest BCUT2D eigenvalue weighted by Gasteiger charge is 2.42. The zero-order chi connectivity index (χ0) is 18.8. The molecule has 2 aromatic heterocycles. The predicted molar refractivity (Wildman–Crippen MR) is 109 cm³/mol. The lowest BCUT2D eigenvalue weighted by molar-refractivity contribution is -0.118. The highest BCUT2D eigenvalue weighted by molar-refractivity contribution is 7.16. The number of hydrogen-bond donors (Lipinski definition) is 1. The van der Waals surface area contributed by atoms with E-state index in [1.165, 1.54) is 11.3 Å². The van der Waals surface area contributed by atoms with Crippen molar-refractivity contribution in [1.82, 2.24) is 9.97 Å². The van der Waals surface area contributed by atoms with Crippen molar-refractivity contribution >= 4 is 45.4 Å². The van der Waals surface area contributed by atoms with Crippen molar-refractivity contribution in [2.75, 3.05) is 5.32 Å². The Morgan fingerprint density at radius 2 is 1.96 bits per heavy atom. The van der Waals surface area contributed by atoms with Gasteiger partial charge in [0.1, 0.15) is 0 Å². The molecule has 0 bridgehead atoms. The average Bonchev–Trinajstić information content (AvgIpc) is 3.04. The maximum Gasteiger partial charge on any atom is 0.162 e. The summed E-state index contributed by atoms with van der Waals surface area (Å²) in [4.78, 5) is 23.3. The Morgan fingerprint density at radius 3 is 2.74 bits per heavy atom. The van der Waals surface area contributed by atoms with Gasteiger partial charge >= 0.3 is 0 Å². The van der Waals surface area contributed by atoms with Gasteiger partial charge in [0.15, 0.2) is 5.78 Å². The number of carbonyl (C=O) groups excluding carboxylic acids is 1. The Hall–Kier alpha value is -2.24. The van der Waals surface area contributed by atoms with Crippen LogP contribution in [-0.2, 0) is 4.79 Å². The van der Waals surface area contributed by atoms with Crippen molar-refractivity contribution < 1.29 is 4.79 Å². The number of nitrogens with zero attached hydrogens (tertiary/aromatic N) is 2. The van der Waals surface area contributed by atoms with Gasteiger partial charge in [-0.15, -0.1) is 11.3 Å². The number of aromatic nitrogens is 2. The fraction of sp³-hybridized carbons (Fsp3) is 0.286. The van der Waals surface area contributed by atoms with Gasteiger partial charge in [-0.2, -0.15) is 0 Å². The molecule has 0 saturated carbocycles. The molecular formula is C21H18ClN3OS. The molecule has 136 valence electrons. The van der Waals surface area contributed by atoms with E-state index in [9.17, 15) is 4.79 Å². The summed E-state index contributed by atoms with van der Waals surface area (Å²) in [5, 5.41) is 3.55. The Balaban J connectivity index is 1.82. The van der Waals surface area contributed by atoms with Crippen LogP contribution in [-0.4, -0.2) is 15.8 Å². The minimum Gasteiger partial charge on any atom is -0.358 e. The molecule has 0 radical (unpaired) electrons. The molecule has 1 unspecified atom stereocenters. The molecule has 0 spiro atoms. The van der Waals surface area contributed by atoms with Gasteiger partial charge in [-0.05, 0) is 36.1 Å². The monoisotopic (exact) mass is 395 g/mol. The number of carbonyl (C=O) groups is 1. The number of thiophene rings is 1. The quantitative estimate of drug-likeness (QED) is 0.587. The molecule has 1 aliphatic carbocycles. The van der Waals surface area contributed by atoms with E-state index in [-0.39, 0.29) is 17.1 Å². The van der Waals surface area contributed by atoms with Crippen LogP contribution >= 0.6 is 22.9 Å². The zero-order valence-electron chi connectivity index (χ0n) is 15.0. The first kappa shape index (κ1) is 16.9. The van der Waals surface area contributed by atoms with Crippen LogP contribution in [0, 0.1) is 5.41 Å². The number of benzene rings is 1. The van der Waals surface area contributed by atoms with E-state index in [1.807, 2.05) is 24.3 Å². The Bertz CT molecular complexity index is 1130. The van der Waals surface area contributed by atoms with Crippen LogP contribution in [0.15, 0.2) is 47.9 Å².